The van der Waals surface area contributed by atoms with Crippen molar-refractivity contribution in [3.8, 4) is 0 Å². The molecule has 0 N–H and O–H groups in total. The molecule has 2 aromatic carbocycles. The standard InChI is InChI=1S/C21H19FN4O7S2/c1-33-19(27)12-24-16-9-6-14(26(29)30)11-18(16)34-21(24)23-20(28)17-3-2-10-25(17)35(31,32)15-7-4-13(22)5-8-15/h4-9,11,17H,2-3,10,12H2,1H3. The summed E-state index contributed by atoms with van der Waals surface area (Å²) in [5, 5.41) is 11.1. The number of benzene rings is 2. The number of amides is 1. The Balaban J connectivity index is 1.75. The van der Waals surface area contributed by atoms with Crippen LogP contribution < -0.4 is 4.80 Å². The van der Waals surface area contributed by atoms with Gasteiger partial charge in [0.2, 0.25) is 10.0 Å². The number of rotatable bonds is 6. The number of ether oxygens (including phenoxy) is 1. The number of hydrogen-bond donors (Lipinski definition) is 0. The van der Waals surface area contributed by atoms with E-state index in [0.717, 1.165) is 39.9 Å². The van der Waals surface area contributed by atoms with Crippen LogP contribution in [0, 0.1) is 15.9 Å². The first-order chi connectivity index (χ1) is 16.6. The fourth-order valence-corrected chi connectivity index (χ4v) is 6.51. The fraction of sp³-hybridized carbons (Fsp3) is 0.286. The number of non-ortho nitro benzene ring substituents is 1. The molecule has 184 valence electrons. The molecular formula is C21H19FN4O7S2. The van der Waals surface area contributed by atoms with Crippen molar-refractivity contribution in [1.82, 2.24) is 8.87 Å². The second kappa shape index (κ2) is 9.64. The lowest BCUT2D eigenvalue weighted by Crippen LogP contribution is -2.40. The van der Waals surface area contributed by atoms with E-state index in [0.29, 0.717) is 16.6 Å². The predicted octanol–water partition coefficient (Wildman–Crippen LogP) is 2.20. The number of nitro groups is 1. The second-order valence-electron chi connectivity index (χ2n) is 7.63. The van der Waals surface area contributed by atoms with E-state index < -0.39 is 38.7 Å². The minimum absolute atomic E-state index is 0.0712. The summed E-state index contributed by atoms with van der Waals surface area (Å²) in [7, 11) is -2.89. The van der Waals surface area contributed by atoms with E-state index in [1.165, 1.54) is 29.9 Å². The molecule has 0 saturated carbocycles. The summed E-state index contributed by atoms with van der Waals surface area (Å²) in [6, 6.07) is 7.23. The van der Waals surface area contributed by atoms with Gasteiger partial charge in [-0.15, -0.1) is 0 Å². The van der Waals surface area contributed by atoms with Crippen molar-refractivity contribution < 1.29 is 32.1 Å². The Morgan fingerprint density at radius 1 is 1.26 bits per heavy atom. The Bertz CT molecular complexity index is 1500. The Hall–Kier alpha value is -3.49. The highest BCUT2D eigenvalue weighted by atomic mass is 32.2. The van der Waals surface area contributed by atoms with Gasteiger partial charge in [-0.1, -0.05) is 11.3 Å². The van der Waals surface area contributed by atoms with Gasteiger partial charge in [-0.3, -0.25) is 19.7 Å². The lowest BCUT2D eigenvalue weighted by Gasteiger charge is -2.21. The molecule has 0 aliphatic carbocycles. The summed E-state index contributed by atoms with van der Waals surface area (Å²) in [6.07, 6.45) is 0.656. The molecule has 4 rings (SSSR count). The quantitative estimate of drug-likeness (QED) is 0.274. The van der Waals surface area contributed by atoms with E-state index in [1.54, 1.807) is 0 Å². The summed E-state index contributed by atoms with van der Waals surface area (Å²) in [5.74, 6) is -1.96. The van der Waals surface area contributed by atoms with Crippen molar-refractivity contribution in [2.45, 2.75) is 30.3 Å². The smallest absolute Gasteiger partial charge is 0.325 e. The van der Waals surface area contributed by atoms with Crippen LogP contribution in [0.3, 0.4) is 0 Å². The zero-order valence-electron chi connectivity index (χ0n) is 18.3. The second-order valence-corrected chi connectivity index (χ2v) is 10.5. The first-order valence-corrected chi connectivity index (χ1v) is 12.6. The zero-order valence-corrected chi connectivity index (χ0v) is 19.9. The molecular weight excluding hydrogens is 503 g/mol. The molecule has 0 bridgehead atoms. The molecule has 1 amide bonds. The number of sulfonamides is 1. The van der Waals surface area contributed by atoms with Crippen LogP contribution in [0.4, 0.5) is 10.1 Å². The van der Waals surface area contributed by atoms with Gasteiger partial charge >= 0.3 is 5.97 Å². The molecule has 1 aromatic heterocycles. The number of aromatic nitrogens is 1. The highest BCUT2D eigenvalue weighted by Gasteiger charge is 2.39. The Kier molecular flexibility index (Phi) is 6.78. The summed E-state index contributed by atoms with van der Waals surface area (Å²) in [6.45, 7) is -0.213. The molecule has 35 heavy (non-hydrogen) atoms. The predicted molar refractivity (Wildman–Crippen MR) is 122 cm³/mol. The van der Waals surface area contributed by atoms with Crippen LogP contribution in [-0.2, 0) is 30.9 Å². The maximum Gasteiger partial charge on any atom is 0.325 e. The van der Waals surface area contributed by atoms with Crippen LogP contribution in [0.5, 0.6) is 0 Å². The van der Waals surface area contributed by atoms with E-state index in [9.17, 15) is 32.5 Å². The summed E-state index contributed by atoms with van der Waals surface area (Å²) in [5.41, 5.74) is 0.258. The van der Waals surface area contributed by atoms with Crippen molar-refractivity contribution in [1.29, 1.82) is 0 Å². The largest absolute Gasteiger partial charge is 0.468 e. The van der Waals surface area contributed by atoms with Gasteiger partial charge in [0.25, 0.3) is 11.6 Å². The van der Waals surface area contributed by atoms with Gasteiger partial charge in [0.15, 0.2) is 4.80 Å². The molecule has 1 fully saturated rings. The highest BCUT2D eigenvalue weighted by Crippen LogP contribution is 2.28. The van der Waals surface area contributed by atoms with Crippen LogP contribution in [0.25, 0.3) is 10.2 Å². The number of carbonyl (C=O) groups excluding carboxylic acids is 2. The van der Waals surface area contributed by atoms with Crippen LogP contribution in [0.1, 0.15) is 12.8 Å². The van der Waals surface area contributed by atoms with Crippen LogP contribution in [-0.4, -0.2) is 53.8 Å². The number of hydrogen-bond acceptors (Lipinski definition) is 8. The van der Waals surface area contributed by atoms with Crippen molar-refractivity contribution in [3.63, 3.8) is 0 Å². The van der Waals surface area contributed by atoms with Crippen LogP contribution in [0.2, 0.25) is 0 Å². The van der Waals surface area contributed by atoms with E-state index in [-0.39, 0.29) is 34.9 Å². The fourth-order valence-electron chi connectivity index (χ4n) is 3.79. The van der Waals surface area contributed by atoms with Gasteiger partial charge in [0, 0.05) is 18.7 Å². The molecule has 11 nitrogen and oxygen atoms in total. The lowest BCUT2D eigenvalue weighted by molar-refractivity contribution is -0.384. The van der Waals surface area contributed by atoms with Gasteiger partial charge in [-0.05, 0) is 43.2 Å². The summed E-state index contributed by atoms with van der Waals surface area (Å²) in [4.78, 5) is 39.7. The van der Waals surface area contributed by atoms with E-state index in [1.807, 2.05) is 0 Å². The SMILES string of the molecule is COC(=O)Cn1c(=NC(=O)C2CCCN2S(=O)(=O)c2ccc(F)cc2)sc2cc([N+](=O)[O-])ccc21. The molecule has 3 aromatic rings. The number of carbonyl (C=O) groups is 2. The monoisotopic (exact) mass is 522 g/mol. The van der Waals surface area contributed by atoms with Gasteiger partial charge in [0.1, 0.15) is 18.4 Å². The maximum absolute atomic E-state index is 13.3. The number of thiazole rings is 1. The number of methoxy groups -OCH3 is 1. The van der Waals surface area contributed by atoms with Crippen molar-refractivity contribution in [2.75, 3.05) is 13.7 Å². The topological polar surface area (TPSA) is 141 Å². The third-order valence-electron chi connectivity index (χ3n) is 5.51. The third-order valence-corrected chi connectivity index (χ3v) is 8.47. The number of esters is 1. The lowest BCUT2D eigenvalue weighted by atomic mass is 10.2. The van der Waals surface area contributed by atoms with Crippen molar-refractivity contribution in [2.24, 2.45) is 4.99 Å². The molecule has 1 saturated heterocycles. The summed E-state index contributed by atoms with van der Waals surface area (Å²) >= 11 is 0.955. The molecule has 1 aliphatic heterocycles. The normalized spacial score (nSPS) is 17.1. The molecule has 0 spiro atoms. The van der Waals surface area contributed by atoms with E-state index >= 15 is 0 Å². The Morgan fingerprint density at radius 2 is 1.97 bits per heavy atom. The van der Waals surface area contributed by atoms with Crippen molar-refractivity contribution >= 4 is 49.1 Å². The number of nitro benzene ring substituents is 1. The first-order valence-electron chi connectivity index (χ1n) is 10.3. The minimum atomic E-state index is -4.08. The van der Waals surface area contributed by atoms with Crippen LogP contribution >= 0.6 is 11.3 Å². The molecule has 2 heterocycles. The van der Waals surface area contributed by atoms with Crippen molar-refractivity contribution in [3.05, 3.63) is 63.2 Å². The number of nitrogens with zero attached hydrogens (tertiary/aromatic N) is 4. The Labute approximate surface area is 202 Å². The zero-order chi connectivity index (χ0) is 25.3. The first kappa shape index (κ1) is 24.6. The molecule has 1 unspecified atom stereocenters. The molecule has 0 radical (unpaired) electrons. The van der Waals surface area contributed by atoms with Gasteiger partial charge < -0.3 is 9.30 Å². The highest BCUT2D eigenvalue weighted by molar-refractivity contribution is 7.89. The molecule has 14 heteroatoms. The molecule has 1 atom stereocenters. The van der Waals surface area contributed by atoms with Gasteiger partial charge in [-0.2, -0.15) is 9.30 Å². The number of halogens is 1. The van der Waals surface area contributed by atoms with Crippen LogP contribution in [0.15, 0.2) is 52.4 Å². The average Bonchev–Trinajstić information content (AvgIpc) is 3.45. The van der Waals surface area contributed by atoms with Gasteiger partial charge in [0.05, 0.1) is 27.1 Å². The van der Waals surface area contributed by atoms with Gasteiger partial charge in [-0.25, -0.2) is 12.8 Å². The van der Waals surface area contributed by atoms with E-state index in [2.05, 4.69) is 4.99 Å². The third kappa shape index (κ3) is 4.85. The minimum Gasteiger partial charge on any atom is -0.468 e. The maximum atomic E-state index is 13.3. The number of fused-ring (bicyclic) bond motifs is 1. The Morgan fingerprint density at radius 3 is 2.63 bits per heavy atom. The van der Waals surface area contributed by atoms with E-state index in [4.69, 9.17) is 4.74 Å². The summed E-state index contributed by atoms with van der Waals surface area (Å²) < 4.78 is 47.0. The average molecular weight is 523 g/mol. The molecule has 1 aliphatic rings.